The Labute approximate surface area is 57.7 Å². The molecule has 0 heterocycles. The molecule has 52 valence electrons. The maximum absolute atomic E-state index is 10.3. The first-order chi connectivity index (χ1) is 4.70. The summed E-state index contributed by atoms with van der Waals surface area (Å²) >= 11 is 0. The number of ether oxygens (including phenoxy) is 1. The van der Waals surface area contributed by atoms with E-state index in [1.54, 1.807) is 0 Å². The molecule has 0 radical (unpaired) electrons. The molecule has 0 rings (SSSR count). The molecule has 0 aliphatic rings. The molecule has 4 nitrogen and oxygen atoms in total. The van der Waals surface area contributed by atoms with Gasteiger partial charge in [-0.05, 0) is 0 Å². The molecule has 0 fully saturated rings. The maximum Gasteiger partial charge on any atom is 0.337 e. The molecular formula is C6H5NO3. The molecule has 10 heavy (non-hydrogen) atoms. The average Bonchev–Trinajstić information content (AvgIpc) is 1.88. The van der Waals surface area contributed by atoms with Crippen LogP contribution in [0, 0.1) is 11.3 Å². The number of hydrogen-bond acceptors (Lipinski definition) is 4. The molecule has 0 aromatic carbocycles. The molecule has 0 bridgehead atoms. The zero-order chi connectivity index (χ0) is 7.98. The van der Waals surface area contributed by atoms with Crippen LogP contribution in [0.2, 0.25) is 0 Å². The molecule has 0 aliphatic heterocycles. The summed E-state index contributed by atoms with van der Waals surface area (Å²) in [7, 11) is 0. The van der Waals surface area contributed by atoms with E-state index in [1.165, 1.54) is 6.07 Å². The number of nitrogens with zero attached hydrogens (tertiary/aromatic N) is 1. The van der Waals surface area contributed by atoms with Gasteiger partial charge in [0.1, 0.15) is 6.42 Å². The number of carbonyl (C=O) groups is 2. The van der Waals surface area contributed by atoms with Gasteiger partial charge in [-0.1, -0.05) is 6.58 Å². The van der Waals surface area contributed by atoms with Gasteiger partial charge in [0, 0.05) is 6.08 Å². The van der Waals surface area contributed by atoms with Gasteiger partial charge >= 0.3 is 11.9 Å². The molecule has 0 saturated carbocycles. The van der Waals surface area contributed by atoms with Gasteiger partial charge < -0.3 is 4.74 Å². The van der Waals surface area contributed by atoms with Crippen molar-refractivity contribution < 1.29 is 14.3 Å². The highest BCUT2D eigenvalue weighted by Crippen LogP contribution is 1.85. The molecule has 0 spiro atoms. The Bertz CT molecular complexity index is 202. The lowest BCUT2D eigenvalue weighted by Gasteiger charge is -1.91. The molecule has 0 atom stereocenters. The van der Waals surface area contributed by atoms with Crippen molar-refractivity contribution in [2.45, 2.75) is 6.42 Å². The monoisotopic (exact) mass is 139 g/mol. The average molecular weight is 139 g/mol. The summed E-state index contributed by atoms with van der Waals surface area (Å²) in [5.74, 6) is -1.69. The van der Waals surface area contributed by atoms with Crippen LogP contribution in [0.15, 0.2) is 12.7 Å². The minimum Gasteiger partial charge on any atom is -0.389 e. The highest BCUT2D eigenvalue weighted by Gasteiger charge is 2.04. The molecule has 0 unspecified atom stereocenters. The van der Waals surface area contributed by atoms with E-state index in [4.69, 9.17) is 5.26 Å². The van der Waals surface area contributed by atoms with E-state index < -0.39 is 18.4 Å². The largest absolute Gasteiger partial charge is 0.389 e. The van der Waals surface area contributed by atoms with Gasteiger partial charge in [-0.3, -0.25) is 4.79 Å². The Morgan fingerprint density at radius 2 is 2.30 bits per heavy atom. The number of esters is 2. The van der Waals surface area contributed by atoms with E-state index in [9.17, 15) is 9.59 Å². The van der Waals surface area contributed by atoms with Crippen molar-refractivity contribution in [2.75, 3.05) is 0 Å². The molecule has 0 saturated heterocycles. The summed E-state index contributed by atoms with van der Waals surface area (Å²) in [4.78, 5) is 20.5. The summed E-state index contributed by atoms with van der Waals surface area (Å²) in [6.45, 7) is 3.06. The summed E-state index contributed by atoms with van der Waals surface area (Å²) in [6, 6.07) is 1.54. The van der Waals surface area contributed by atoms with Crippen molar-refractivity contribution >= 4 is 11.9 Å². The maximum atomic E-state index is 10.3. The second-order valence-corrected chi connectivity index (χ2v) is 1.33. The van der Waals surface area contributed by atoms with Crippen LogP contribution in [0.4, 0.5) is 0 Å². The Balaban J connectivity index is 3.71. The Hall–Kier alpha value is -1.63. The van der Waals surface area contributed by atoms with E-state index in [-0.39, 0.29) is 0 Å². The highest BCUT2D eigenvalue weighted by molar-refractivity contribution is 5.92. The standard InChI is InChI=1S/C6H5NO3/c1-2-5(8)10-6(9)3-4-7/h2H,1,3H2. The van der Waals surface area contributed by atoms with Crippen LogP contribution < -0.4 is 0 Å². The molecule has 0 aliphatic carbocycles. The fraction of sp³-hybridized carbons (Fsp3) is 0.167. The van der Waals surface area contributed by atoms with Gasteiger partial charge in [0.15, 0.2) is 0 Å². The smallest absolute Gasteiger partial charge is 0.337 e. The van der Waals surface area contributed by atoms with Gasteiger partial charge in [0.05, 0.1) is 6.07 Å². The first kappa shape index (κ1) is 8.37. The van der Waals surface area contributed by atoms with E-state index in [1.807, 2.05) is 0 Å². The zero-order valence-corrected chi connectivity index (χ0v) is 5.16. The zero-order valence-electron chi connectivity index (χ0n) is 5.16. The van der Waals surface area contributed by atoms with E-state index in [2.05, 4.69) is 11.3 Å². The van der Waals surface area contributed by atoms with Crippen LogP contribution in [0.3, 0.4) is 0 Å². The highest BCUT2D eigenvalue weighted by atomic mass is 16.6. The van der Waals surface area contributed by atoms with E-state index >= 15 is 0 Å². The van der Waals surface area contributed by atoms with Gasteiger partial charge in [-0.15, -0.1) is 0 Å². The molecule has 0 amide bonds. The van der Waals surface area contributed by atoms with Crippen molar-refractivity contribution in [1.82, 2.24) is 0 Å². The van der Waals surface area contributed by atoms with Crippen LogP contribution in [0.25, 0.3) is 0 Å². The predicted molar refractivity (Wildman–Crippen MR) is 31.5 cm³/mol. The number of hydrogen-bond donors (Lipinski definition) is 0. The van der Waals surface area contributed by atoms with Crippen LogP contribution >= 0.6 is 0 Å². The minimum atomic E-state index is -0.854. The SMILES string of the molecule is C=CC(=O)OC(=O)CC#N. The fourth-order valence-electron chi connectivity index (χ4n) is 0.254. The molecule has 0 aromatic heterocycles. The predicted octanol–water partition coefficient (Wildman–Crippen LogP) is 0.156. The Kier molecular flexibility index (Phi) is 3.57. The van der Waals surface area contributed by atoms with Crippen LogP contribution in [-0.2, 0) is 14.3 Å². The second-order valence-electron chi connectivity index (χ2n) is 1.33. The molecule has 4 heteroatoms. The van der Waals surface area contributed by atoms with Gasteiger partial charge in [-0.25, -0.2) is 4.79 Å². The van der Waals surface area contributed by atoms with Crippen molar-refractivity contribution in [3.63, 3.8) is 0 Å². The third-order valence-corrected chi connectivity index (χ3v) is 0.604. The summed E-state index contributed by atoms with van der Waals surface area (Å²) < 4.78 is 4.02. The second kappa shape index (κ2) is 4.27. The van der Waals surface area contributed by atoms with Crippen LogP contribution in [0.5, 0.6) is 0 Å². The normalized spacial score (nSPS) is 7.50. The van der Waals surface area contributed by atoms with Crippen LogP contribution in [-0.4, -0.2) is 11.9 Å². The van der Waals surface area contributed by atoms with Crippen LogP contribution in [0.1, 0.15) is 6.42 Å². The number of nitriles is 1. The quantitative estimate of drug-likeness (QED) is 0.310. The Morgan fingerprint density at radius 1 is 1.70 bits per heavy atom. The molecule has 0 aromatic rings. The topological polar surface area (TPSA) is 67.2 Å². The van der Waals surface area contributed by atoms with Gasteiger partial charge in [-0.2, -0.15) is 5.26 Å². The first-order valence-electron chi connectivity index (χ1n) is 2.44. The molecule has 0 N–H and O–H groups in total. The summed E-state index contributed by atoms with van der Waals surface area (Å²) in [5, 5.41) is 7.93. The van der Waals surface area contributed by atoms with Gasteiger partial charge in [0.2, 0.25) is 0 Å². The van der Waals surface area contributed by atoms with Crippen molar-refractivity contribution in [3.8, 4) is 6.07 Å². The van der Waals surface area contributed by atoms with Crippen molar-refractivity contribution in [3.05, 3.63) is 12.7 Å². The Morgan fingerprint density at radius 3 is 2.70 bits per heavy atom. The minimum absolute atomic E-state index is 0.417. The summed E-state index contributed by atoms with van der Waals surface area (Å²) in [5.41, 5.74) is 0. The third kappa shape index (κ3) is 3.38. The van der Waals surface area contributed by atoms with Crippen molar-refractivity contribution in [2.24, 2.45) is 0 Å². The summed E-state index contributed by atoms with van der Waals surface area (Å²) in [6.07, 6.45) is 0.439. The van der Waals surface area contributed by atoms with Gasteiger partial charge in [0.25, 0.3) is 0 Å². The lowest BCUT2D eigenvalue weighted by molar-refractivity contribution is -0.155. The number of rotatable bonds is 2. The third-order valence-electron chi connectivity index (χ3n) is 0.604. The lowest BCUT2D eigenvalue weighted by atomic mass is 10.5. The van der Waals surface area contributed by atoms with E-state index in [0.717, 1.165) is 6.08 Å². The first-order valence-corrected chi connectivity index (χ1v) is 2.44. The van der Waals surface area contributed by atoms with E-state index in [0.29, 0.717) is 0 Å². The number of carbonyl (C=O) groups excluding carboxylic acids is 2. The fourth-order valence-corrected chi connectivity index (χ4v) is 0.254. The molecular weight excluding hydrogens is 134 g/mol. The van der Waals surface area contributed by atoms with Crippen molar-refractivity contribution in [1.29, 1.82) is 5.26 Å². The lowest BCUT2D eigenvalue weighted by Crippen LogP contribution is -2.08.